The number of hydrogen-bond acceptors (Lipinski definition) is 8. The fourth-order valence-corrected chi connectivity index (χ4v) is 3.18. The number of amides is 3. The van der Waals surface area contributed by atoms with Gasteiger partial charge in [-0.2, -0.15) is 12.6 Å². The number of hydrogen-bond donors (Lipinski definition) is 9. The number of aliphatic imine (C=N–C) groups is 1. The molecule has 0 saturated carbocycles. The van der Waals surface area contributed by atoms with Crippen molar-refractivity contribution in [3.63, 3.8) is 0 Å². The van der Waals surface area contributed by atoms with Gasteiger partial charge in [-0.25, -0.2) is 4.79 Å². The first-order valence-electron chi connectivity index (χ1n) is 10.8. The number of nitrogens with one attached hydrogen (secondary N) is 3. The van der Waals surface area contributed by atoms with Gasteiger partial charge in [0, 0.05) is 18.7 Å². The molecule has 35 heavy (non-hydrogen) atoms. The number of aliphatic hydroxyl groups excluding tert-OH is 1. The van der Waals surface area contributed by atoms with Crippen LogP contribution < -0.4 is 33.2 Å². The second-order valence-electron chi connectivity index (χ2n) is 7.63. The fourth-order valence-electron chi connectivity index (χ4n) is 2.92. The quantitative estimate of drug-likeness (QED) is 0.0506. The molecule has 0 heterocycles. The third-order valence-corrected chi connectivity index (χ3v) is 5.19. The lowest BCUT2D eigenvalue weighted by Crippen LogP contribution is -2.58. The summed E-state index contributed by atoms with van der Waals surface area (Å²) in [7, 11) is 0. The van der Waals surface area contributed by atoms with Crippen LogP contribution in [0.4, 0.5) is 0 Å². The predicted molar refractivity (Wildman–Crippen MR) is 132 cm³/mol. The second-order valence-corrected chi connectivity index (χ2v) is 8.00. The van der Waals surface area contributed by atoms with Crippen LogP contribution in [0.25, 0.3) is 0 Å². The van der Waals surface area contributed by atoms with Crippen molar-refractivity contribution in [1.29, 1.82) is 0 Å². The molecule has 0 saturated heterocycles. The predicted octanol–water partition coefficient (Wildman–Crippen LogP) is -2.93. The van der Waals surface area contributed by atoms with Gasteiger partial charge in [0.05, 0.1) is 6.61 Å². The molecule has 3 amide bonds. The molecule has 4 atom stereocenters. The summed E-state index contributed by atoms with van der Waals surface area (Å²) >= 11 is 4.09. The minimum absolute atomic E-state index is 0.0394. The van der Waals surface area contributed by atoms with Crippen molar-refractivity contribution in [3.8, 4) is 0 Å². The highest BCUT2D eigenvalue weighted by Gasteiger charge is 2.29. The number of guanidine groups is 1. The van der Waals surface area contributed by atoms with Gasteiger partial charge in [-0.3, -0.25) is 19.4 Å². The number of carboxylic acids is 1. The first-order valence-corrected chi connectivity index (χ1v) is 11.4. The Kier molecular flexibility index (Phi) is 13.2. The average Bonchev–Trinajstić information content (AvgIpc) is 2.83. The summed E-state index contributed by atoms with van der Waals surface area (Å²) in [6.45, 7) is -0.446. The SMILES string of the molecule is NC(N)=NCCCC(NC(=O)C(N)CO)C(=O)NC(CS)C(=O)NC(Cc1ccccc1)C(=O)O. The van der Waals surface area contributed by atoms with E-state index in [0.29, 0.717) is 12.0 Å². The highest BCUT2D eigenvalue weighted by molar-refractivity contribution is 7.80. The van der Waals surface area contributed by atoms with Crippen LogP contribution in [0.3, 0.4) is 0 Å². The monoisotopic (exact) mass is 511 g/mol. The molecule has 0 bridgehead atoms. The normalized spacial score (nSPS) is 14.0. The van der Waals surface area contributed by atoms with Crippen LogP contribution in [0.1, 0.15) is 18.4 Å². The minimum Gasteiger partial charge on any atom is -0.480 e. The van der Waals surface area contributed by atoms with E-state index in [1.54, 1.807) is 30.3 Å². The fraction of sp³-hybridized carbons (Fsp3) is 0.476. The number of rotatable bonds is 15. The van der Waals surface area contributed by atoms with E-state index in [2.05, 4.69) is 33.6 Å². The first kappa shape index (κ1) is 29.7. The van der Waals surface area contributed by atoms with Crippen molar-refractivity contribution in [2.24, 2.45) is 22.2 Å². The summed E-state index contributed by atoms with van der Waals surface area (Å²) in [6, 6.07) is 3.94. The van der Waals surface area contributed by atoms with Gasteiger partial charge in [-0.15, -0.1) is 0 Å². The van der Waals surface area contributed by atoms with Crippen LogP contribution in [0, 0.1) is 0 Å². The number of nitrogens with zero attached hydrogens (tertiary/aromatic N) is 1. The average molecular weight is 512 g/mol. The van der Waals surface area contributed by atoms with Gasteiger partial charge in [-0.05, 0) is 18.4 Å². The van der Waals surface area contributed by atoms with Crippen molar-refractivity contribution in [3.05, 3.63) is 35.9 Å². The summed E-state index contributed by atoms with van der Waals surface area (Å²) in [4.78, 5) is 53.2. The molecule has 4 unspecified atom stereocenters. The van der Waals surface area contributed by atoms with Crippen molar-refractivity contribution in [2.45, 2.75) is 43.4 Å². The molecule has 13 nitrogen and oxygen atoms in total. The summed E-state index contributed by atoms with van der Waals surface area (Å²) < 4.78 is 0. The maximum absolute atomic E-state index is 12.9. The maximum atomic E-state index is 12.9. The Bertz CT molecular complexity index is 882. The lowest BCUT2D eigenvalue weighted by Gasteiger charge is -2.24. The molecular formula is C21H33N7O6S. The van der Waals surface area contributed by atoms with Crippen LogP contribution in [0.15, 0.2) is 35.3 Å². The van der Waals surface area contributed by atoms with E-state index in [4.69, 9.17) is 22.3 Å². The Balaban J connectivity index is 2.87. The molecule has 1 aromatic carbocycles. The van der Waals surface area contributed by atoms with Crippen LogP contribution >= 0.6 is 12.6 Å². The molecule has 0 aliphatic carbocycles. The van der Waals surface area contributed by atoms with Crippen molar-refractivity contribution >= 4 is 42.3 Å². The Hall–Kier alpha value is -3.36. The zero-order chi connectivity index (χ0) is 26.4. The molecule has 11 N–H and O–H groups in total. The highest BCUT2D eigenvalue weighted by atomic mass is 32.1. The largest absolute Gasteiger partial charge is 0.480 e. The third kappa shape index (κ3) is 11.1. The van der Waals surface area contributed by atoms with E-state index in [1.165, 1.54) is 0 Å². The number of nitrogens with two attached hydrogens (primary N) is 3. The van der Waals surface area contributed by atoms with Crippen LogP contribution in [-0.2, 0) is 25.6 Å². The highest BCUT2D eigenvalue weighted by Crippen LogP contribution is 2.05. The minimum atomic E-state index is -1.25. The number of thiol groups is 1. The topological polar surface area (TPSA) is 235 Å². The number of carboxylic acid groups (broad SMARTS) is 1. The van der Waals surface area contributed by atoms with Gasteiger partial charge in [0.2, 0.25) is 17.7 Å². The van der Waals surface area contributed by atoms with Gasteiger partial charge in [0.15, 0.2) is 5.96 Å². The molecule has 0 fully saturated rings. The number of carbonyl (C=O) groups is 4. The number of aliphatic hydroxyl groups is 1. The lowest BCUT2D eigenvalue weighted by molar-refractivity contribution is -0.142. The molecule has 0 aliphatic heterocycles. The summed E-state index contributed by atoms with van der Waals surface area (Å²) in [6.07, 6.45) is 0.442. The lowest BCUT2D eigenvalue weighted by atomic mass is 10.1. The molecular weight excluding hydrogens is 478 g/mol. The number of benzene rings is 1. The van der Waals surface area contributed by atoms with Gasteiger partial charge in [0.25, 0.3) is 0 Å². The summed E-state index contributed by atoms with van der Waals surface area (Å²) in [5, 5.41) is 25.9. The molecule has 1 rings (SSSR count). The summed E-state index contributed by atoms with van der Waals surface area (Å²) in [5.74, 6) is -3.76. The van der Waals surface area contributed by atoms with Crippen LogP contribution in [-0.4, -0.2) is 82.9 Å². The zero-order valence-electron chi connectivity index (χ0n) is 19.1. The van der Waals surface area contributed by atoms with E-state index in [1.807, 2.05) is 0 Å². The van der Waals surface area contributed by atoms with Gasteiger partial charge < -0.3 is 43.4 Å². The van der Waals surface area contributed by atoms with Crippen molar-refractivity contribution < 1.29 is 29.4 Å². The van der Waals surface area contributed by atoms with Gasteiger partial charge in [0.1, 0.15) is 24.2 Å². The Morgan fingerprint density at radius 1 is 0.943 bits per heavy atom. The zero-order valence-corrected chi connectivity index (χ0v) is 20.0. The standard InChI is InChI=1S/C21H33N7O6S/c22-13(10-29)17(30)26-14(7-4-8-25-21(23)24)18(31)28-16(11-35)19(32)27-15(20(33)34)9-12-5-2-1-3-6-12/h1-3,5-6,13-16,29,35H,4,7-11,22H2,(H,26,30)(H,27,32)(H,28,31)(H,33,34)(H4,23,24,25). The van der Waals surface area contributed by atoms with E-state index < -0.39 is 54.5 Å². The number of aliphatic carboxylic acids is 1. The van der Waals surface area contributed by atoms with Gasteiger partial charge in [-0.1, -0.05) is 30.3 Å². The Morgan fingerprint density at radius 2 is 1.51 bits per heavy atom. The van der Waals surface area contributed by atoms with E-state index in [9.17, 15) is 24.3 Å². The van der Waals surface area contributed by atoms with Crippen LogP contribution in [0.2, 0.25) is 0 Å². The third-order valence-electron chi connectivity index (χ3n) is 4.82. The molecule has 0 spiro atoms. The van der Waals surface area contributed by atoms with Crippen molar-refractivity contribution in [1.82, 2.24) is 16.0 Å². The van der Waals surface area contributed by atoms with Crippen LogP contribution in [0.5, 0.6) is 0 Å². The molecule has 0 aliphatic rings. The van der Waals surface area contributed by atoms with E-state index >= 15 is 0 Å². The first-order chi connectivity index (χ1) is 16.6. The maximum Gasteiger partial charge on any atom is 0.326 e. The Morgan fingerprint density at radius 3 is 2.06 bits per heavy atom. The molecule has 0 radical (unpaired) electrons. The molecule has 194 valence electrons. The van der Waals surface area contributed by atoms with Gasteiger partial charge >= 0.3 is 5.97 Å². The Labute approximate surface area is 208 Å². The smallest absolute Gasteiger partial charge is 0.326 e. The van der Waals surface area contributed by atoms with Crippen molar-refractivity contribution in [2.75, 3.05) is 18.9 Å². The summed E-state index contributed by atoms with van der Waals surface area (Å²) in [5.41, 5.74) is 16.8. The second kappa shape index (κ2) is 15.5. The van der Waals surface area contributed by atoms with E-state index in [-0.39, 0.29) is 31.1 Å². The molecule has 0 aromatic heterocycles. The molecule has 14 heteroatoms. The van der Waals surface area contributed by atoms with E-state index in [0.717, 1.165) is 0 Å². The molecule has 1 aromatic rings. The number of carbonyl (C=O) groups excluding carboxylic acids is 3.